The number of halogens is 1. The summed E-state index contributed by atoms with van der Waals surface area (Å²) in [5.74, 6) is 1.64. The predicted octanol–water partition coefficient (Wildman–Crippen LogP) is 4.60. The fourth-order valence-electron chi connectivity index (χ4n) is 2.71. The molecule has 3 aromatic rings. The highest BCUT2D eigenvalue weighted by molar-refractivity contribution is 6.30. The molecule has 1 aromatic heterocycles. The number of carbonyl (C=O) groups is 1. The zero-order chi connectivity index (χ0) is 19.9. The molecule has 1 unspecified atom stereocenters. The Morgan fingerprint density at radius 3 is 2.57 bits per heavy atom. The van der Waals surface area contributed by atoms with Crippen LogP contribution in [0.25, 0.3) is 11.4 Å². The molecule has 0 spiro atoms. The van der Waals surface area contributed by atoms with E-state index in [-0.39, 0.29) is 18.4 Å². The number of rotatable bonds is 8. The highest BCUT2D eigenvalue weighted by Crippen LogP contribution is 2.20. The van der Waals surface area contributed by atoms with Gasteiger partial charge in [0.25, 0.3) is 0 Å². The second-order valence-electron chi connectivity index (χ2n) is 6.31. The summed E-state index contributed by atoms with van der Waals surface area (Å²) in [6.07, 6.45) is 0.645. The lowest BCUT2D eigenvalue weighted by atomic mass is 10.1. The minimum Gasteiger partial charge on any atom is -0.494 e. The maximum atomic E-state index is 12.2. The molecule has 0 saturated heterocycles. The summed E-state index contributed by atoms with van der Waals surface area (Å²) in [7, 11) is 0. The maximum Gasteiger partial charge on any atom is 0.227 e. The number of aryl methyl sites for hydroxylation is 1. The van der Waals surface area contributed by atoms with Crippen LogP contribution in [0.5, 0.6) is 5.75 Å². The minimum atomic E-state index is -0.105. The summed E-state index contributed by atoms with van der Waals surface area (Å²) in [6, 6.07) is 14.8. The van der Waals surface area contributed by atoms with E-state index in [1.165, 1.54) is 0 Å². The van der Waals surface area contributed by atoms with Gasteiger partial charge in [-0.15, -0.1) is 0 Å². The van der Waals surface area contributed by atoms with Crippen molar-refractivity contribution in [1.82, 2.24) is 15.5 Å². The van der Waals surface area contributed by atoms with E-state index < -0.39 is 0 Å². The zero-order valence-electron chi connectivity index (χ0n) is 15.8. The van der Waals surface area contributed by atoms with E-state index in [4.69, 9.17) is 20.9 Å². The number of benzene rings is 2. The first-order chi connectivity index (χ1) is 13.5. The molecule has 0 radical (unpaired) electrons. The fourth-order valence-corrected chi connectivity index (χ4v) is 2.84. The number of nitrogens with one attached hydrogen (secondary N) is 1. The van der Waals surface area contributed by atoms with Gasteiger partial charge in [0.05, 0.1) is 12.6 Å². The van der Waals surface area contributed by atoms with Crippen molar-refractivity contribution in [1.29, 1.82) is 0 Å². The van der Waals surface area contributed by atoms with Crippen molar-refractivity contribution in [3.05, 3.63) is 65.0 Å². The lowest BCUT2D eigenvalue weighted by molar-refractivity contribution is -0.121. The SMILES string of the molecule is CCOc1ccc(-c2noc(CCC(=O)NC(C)c3ccc(Cl)cc3)n2)cc1. The highest BCUT2D eigenvalue weighted by atomic mass is 35.5. The van der Waals surface area contributed by atoms with Gasteiger partial charge >= 0.3 is 0 Å². The first-order valence-electron chi connectivity index (χ1n) is 9.16. The number of aromatic nitrogens is 2. The molecule has 1 atom stereocenters. The number of hydrogen-bond donors (Lipinski definition) is 1. The van der Waals surface area contributed by atoms with Crippen LogP contribution in [0.2, 0.25) is 5.02 Å². The first-order valence-corrected chi connectivity index (χ1v) is 9.53. The Morgan fingerprint density at radius 2 is 1.89 bits per heavy atom. The largest absolute Gasteiger partial charge is 0.494 e. The Morgan fingerprint density at radius 1 is 1.18 bits per heavy atom. The second kappa shape index (κ2) is 9.37. The van der Waals surface area contributed by atoms with Gasteiger partial charge in [-0.3, -0.25) is 4.79 Å². The van der Waals surface area contributed by atoms with Crippen LogP contribution < -0.4 is 10.1 Å². The van der Waals surface area contributed by atoms with Crippen molar-refractivity contribution in [2.24, 2.45) is 0 Å². The molecule has 0 aliphatic heterocycles. The van der Waals surface area contributed by atoms with Gasteiger partial charge in [-0.2, -0.15) is 4.98 Å². The van der Waals surface area contributed by atoms with E-state index in [0.717, 1.165) is 16.9 Å². The van der Waals surface area contributed by atoms with E-state index in [1.54, 1.807) is 12.1 Å². The Kier molecular flexibility index (Phi) is 6.66. The number of hydrogen-bond acceptors (Lipinski definition) is 5. The van der Waals surface area contributed by atoms with Gasteiger partial charge in [-0.05, 0) is 55.8 Å². The quantitative estimate of drug-likeness (QED) is 0.599. The van der Waals surface area contributed by atoms with Crippen LogP contribution in [0.3, 0.4) is 0 Å². The topological polar surface area (TPSA) is 77.2 Å². The number of ether oxygens (including phenoxy) is 1. The summed E-state index contributed by atoms with van der Waals surface area (Å²) in [5, 5.41) is 7.61. The third kappa shape index (κ3) is 5.33. The van der Waals surface area contributed by atoms with Gasteiger partial charge in [0.15, 0.2) is 0 Å². The molecular formula is C21H22ClN3O3. The Balaban J connectivity index is 1.52. The molecule has 0 saturated carbocycles. The molecule has 0 aliphatic rings. The van der Waals surface area contributed by atoms with Crippen LogP contribution in [0.1, 0.15) is 37.8 Å². The summed E-state index contributed by atoms with van der Waals surface area (Å²) < 4.78 is 10.7. The van der Waals surface area contributed by atoms with Gasteiger partial charge in [0.1, 0.15) is 5.75 Å². The molecular weight excluding hydrogens is 378 g/mol. The molecule has 0 fully saturated rings. The Labute approximate surface area is 168 Å². The van der Waals surface area contributed by atoms with Gasteiger partial charge in [-0.1, -0.05) is 28.9 Å². The van der Waals surface area contributed by atoms with Crippen LogP contribution in [-0.4, -0.2) is 22.7 Å². The van der Waals surface area contributed by atoms with Crippen molar-refractivity contribution in [3.63, 3.8) is 0 Å². The van der Waals surface area contributed by atoms with Crippen molar-refractivity contribution in [2.45, 2.75) is 32.7 Å². The number of amides is 1. The van der Waals surface area contributed by atoms with Gasteiger partial charge in [0.2, 0.25) is 17.6 Å². The van der Waals surface area contributed by atoms with E-state index >= 15 is 0 Å². The maximum absolute atomic E-state index is 12.2. The van der Waals surface area contributed by atoms with E-state index in [9.17, 15) is 4.79 Å². The molecule has 1 N–H and O–H groups in total. The van der Waals surface area contributed by atoms with E-state index in [2.05, 4.69) is 15.5 Å². The monoisotopic (exact) mass is 399 g/mol. The van der Waals surface area contributed by atoms with Crippen molar-refractivity contribution < 1.29 is 14.1 Å². The molecule has 0 aliphatic carbocycles. The molecule has 7 heteroatoms. The fraction of sp³-hybridized carbons (Fsp3) is 0.286. The van der Waals surface area contributed by atoms with Crippen LogP contribution in [-0.2, 0) is 11.2 Å². The molecule has 1 amide bonds. The Hall–Kier alpha value is -2.86. The van der Waals surface area contributed by atoms with Crippen molar-refractivity contribution >= 4 is 17.5 Å². The molecule has 1 heterocycles. The number of carbonyl (C=O) groups excluding carboxylic acids is 1. The van der Waals surface area contributed by atoms with Gasteiger partial charge in [0, 0.05) is 23.4 Å². The predicted molar refractivity (Wildman–Crippen MR) is 107 cm³/mol. The molecule has 0 bridgehead atoms. The van der Waals surface area contributed by atoms with Gasteiger partial charge < -0.3 is 14.6 Å². The average molecular weight is 400 g/mol. The van der Waals surface area contributed by atoms with E-state index in [0.29, 0.717) is 29.8 Å². The third-order valence-electron chi connectivity index (χ3n) is 4.21. The van der Waals surface area contributed by atoms with Crippen LogP contribution in [0.15, 0.2) is 53.1 Å². The molecule has 28 heavy (non-hydrogen) atoms. The summed E-state index contributed by atoms with van der Waals surface area (Å²) in [4.78, 5) is 16.6. The smallest absolute Gasteiger partial charge is 0.227 e. The molecule has 3 rings (SSSR count). The van der Waals surface area contributed by atoms with Crippen LogP contribution in [0.4, 0.5) is 0 Å². The molecule has 2 aromatic carbocycles. The second-order valence-corrected chi connectivity index (χ2v) is 6.75. The lowest BCUT2D eigenvalue weighted by Gasteiger charge is -2.14. The lowest BCUT2D eigenvalue weighted by Crippen LogP contribution is -2.26. The number of nitrogens with zero attached hydrogens (tertiary/aromatic N) is 2. The summed E-state index contributed by atoms with van der Waals surface area (Å²) in [5.41, 5.74) is 1.83. The van der Waals surface area contributed by atoms with E-state index in [1.807, 2.05) is 50.2 Å². The van der Waals surface area contributed by atoms with Crippen LogP contribution in [0, 0.1) is 0 Å². The zero-order valence-corrected chi connectivity index (χ0v) is 16.6. The van der Waals surface area contributed by atoms with Gasteiger partial charge in [-0.25, -0.2) is 0 Å². The minimum absolute atomic E-state index is 0.0803. The normalized spacial score (nSPS) is 11.8. The highest BCUT2D eigenvalue weighted by Gasteiger charge is 2.13. The standard InChI is InChI=1S/C21H22ClN3O3/c1-3-27-18-10-6-16(7-11-18)21-24-20(28-25-21)13-12-19(26)23-14(2)15-4-8-17(22)9-5-15/h4-11,14H,3,12-13H2,1-2H3,(H,23,26). The van der Waals surface area contributed by atoms with Crippen LogP contribution >= 0.6 is 11.6 Å². The van der Waals surface area contributed by atoms with Crippen molar-refractivity contribution in [2.75, 3.05) is 6.61 Å². The third-order valence-corrected chi connectivity index (χ3v) is 4.46. The Bertz CT molecular complexity index is 907. The summed E-state index contributed by atoms with van der Waals surface area (Å²) >= 11 is 5.89. The summed E-state index contributed by atoms with van der Waals surface area (Å²) in [6.45, 7) is 4.48. The molecule has 146 valence electrons. The first kappa shape index (κ1) is 19.9. The average Bonchev–Trinajstić information content (AvgIpc) is 3.17. The van der Waals surface area contributed by atoms with Crippen molar-refractivity contribution in [3.8, 4) is 17.1 Å². The molecule has 6 nitrogen and oxygen atoms in total.